The first kappa shape index (κ1) is 6.14. The van der Waals surface area contributed by atoms with Crippen molar-refractivity contribution in [3.8, 4) is 0 Å². The molecule has 0 aliphatic carbocycles. The molecule has 7 heavy (non-hydrogen) atoms. The molecule has 0 fully saturated rings. The largest absolute Gasteiger partial charge is 0.490 e. The van der Waals surface area contributed by atoms with E-state index in [0.717, 1.165) is 0 Å². The highest BCUT2D eigenvalue weighted by molar-refractivity contribution is 5.83. The van der Waals surface area contributed by atoms with Crippen LogP contribution in [-0.4, -0.2) is 21.5 Å². The van der Waals surface area contributed by atoms with Crippen LogP contribution in [0, 0.1) is 0 Å². The second kappa shape index (κ2) is 2.34. The second-order valence-corrected chi connectivity index (χ2v) is 1.14. The van der Waals surface area contributed by atoms with Crippen LogP contribution in [0.25, 0.3) is 0 Å². The third-order valence-corrected chi connectivity index (χ3v) is 0.295. The fourth-order valence-electron chi connectivity index (χ4n) is 0.214. The van der Waals surface area contributed by atoms with Crippen LogP contribution < -0.4 is 0 Å². The zero-order valence-electron chi connectivity index (χ0n) is 4.30. The Labute approximate surface area is 41.3 Å². The van der Waals surface area contributed by atoms with Gasteiger partial charge in [-0.15, -0.1) is 0 Å². The van der Waals surface area contributed by atoms with Gasteiger partial charge in [0.15, 0.2) is 0 Å². The molecule has 0 aromatic heterocycles. The van der Waals surface area contributed by atoms with Crippen molar-refractivity contribution in [1.29, 1.82) is 0 Å². The lowest BCUT2D eigenvalue weighted by atomic mass is 10.7. The molecule has 0 radical (unpaired) electrons. The molecule has 0 aliphatic rings. The number of rotatable bonds is 0. The van der Waals surface area contributed by atoms with Crippen molar-refractivity contribution >= 4 is 11.9 Å². The Morgan fingerprint density at radius 3 is 1.43 bits per heavy atom. The monoisotopic (exact) mass is 104 g/mol. The number of hydrogen-bond acceptors (Lipinski definition) is 1. The van der Waals surface area contributed by atoms with Crippen molar-refractivity contribution in [1.82, 2.24) is 0 Å². The van der Waals surface area contributed by atoms with Crippen LogP contribution in [0.4, 0.5) is 0 Å². The van der Waals surface area contributed by atoms with E-state index in [2.05, 4.69) is 4.74 Å². The smallest absolute Gasteiger partial charge is 0.339 e. The van der Waals surface area contributed by atoms with Crippen molar-refractivity contribution in [2.24, 2.45) is 0 Å². The minimum atomic E-state index is -0.250. The van der Waals surface area contributed by atoms with E-state index < -0.39 is 0 Å². The first-order valence-electron chi connectivity index (χ1n) is 1.86. The predicted molar refractivity (Wildman–Crippen MR) is 26.3 cm³/mol. The molecule has 40 valence electrons. The summed E-state index contributed by atoms with van der Waals surface area (Å²) in [4.78, 5) is 16.5. The lowest BCUT2D eigenvalue weighted by Gasteiger charge is -1.73. The van der Waals surface area contributed by atoms with E-state index in [9.17, 15) is 0 Å². The minimum Gasteiger partial charge on any atom is -0.339 e. The molecule has 0 spiro atoms. The van der Waals surface area contributed by atoms with Gasteiger partial charge >= 0.3 is 11.9 Å². The summed E-state index contributed by atoms with van der Waals surface area (Å²) in [6.07, 6.45) is 0. The average molecular weight is 104 g/mol. The van der Waals surface area contributed by atoms with Crippen molar-refractivity contribution in [2.45, 2.75) is 13.8 Å². The number of hydrogen-bond donors (Lipinski definition) is 0. The molecule has 0 rings (SSSR count). The van der Waals surface area contributed by atoms with Gasteiger partial charge in [-0.25, -0.2) is 4.74 Å². The topological polar surface area (TPSA) is 52.0 Å². The molecule has 0 saturated heterocycles. The van der Waals surface area contributed by atoms with Crippen molar-refractivity contribution in [3.63, 3.8) is 0 Å². The zero-order valence-corrected chi connectivity index (χ0v) is 4.30. The molecule has 0 bridgehead atoms. The molecule has 2 N–H and O–H groups in total. The van der Waals surface area contributed by atoms with E-state index in [1.807, 2.05) is 0 Å². The number of ether oxygens (including phenoxy) is 1. The summed E-state index contributed by atoms with van der Waals surface area (Å²) in [7, 11) is 0. The lowest BCUT2D eigenvalue weighted by Crippen LogP contribution is -2.04. The van der Waals surface area contributed by atoms with Gasteiger partial charge < -0.3 is 9.59 Å². The van der Waals surface area contributed by atoms with E-state index in [0.29, 0.717) is 0 Å². The van der Waals surface area contributed by atoms with Gasteiger partial charge in [0, 0.05) is 0 Å². The van der Waals surface area contributed by atoms with Crippen LogP contribution in [0.5, 0.6) is 0 Å². The van der Waals surface area contributed by atoms with E-state index in [1.54, 1.807) is 0 Å². The molecular weight excluding hydrogens is 96.0 g/mol. The average Bonchev–Trinajstić information content (AvgIpc) is 1.27. The van der Waals surface area contributed by atoms with Crippen LogP contribution >= 0.6 is 0 Å². The van der Waals surface area contributed by atoms with Gasteiger partial charge in [0.25, 0.3) is 0 Å². The van der Waals surface area contributed by atoms with E-state index >= 15 is 0 Å². The molecule has 3 nitrogen and oxygen atoms in total. The van der Waals surface area contributed by atoms with Crippen molar-refractivity contribution < 1.29 is 14.3 Å². The molecular formula is C4H8O3+2. The van der Waals surface area contributed by atoms with E-state index in [1.165, 1.54) is 13.8 Å². The zero-order chi connectivity index (χ0) is 5.86. The van der Waals surface area contributed by atoms with Crippen LogP contribution in [0.1, 0.15) is 13.8 Å². The van der Waals surface area contributed by atoms with E-state index in [4.69, 9.17) is 9.59 Å². The molecule has 0 aliphatic heterocycles. The number of esters is 2. The highest BCUT2D eigenvalue weighted by Crippen LogP contribution is 1.72. The maximum atomic E-state index is 8.24. The van der Waals surface area contributed by atoms with Crippen LogP contribution in [-0.2, 0) is 4.74 Å². The number of carbonyl (C=O) groups excluding carboxylic acids is 2. The third-order valence-electron chi connectivity index (χ3n) is 0.295. The van der Waals surface area contributed by atoms with Crippen LogP contribution in [0.2, 0.25) is 0 Å². The first-order chi connectivity index (χ1) is 3.13. The Balaban J connectivity index is 3.32. The highest BCUT2D eigenvalue weighted by Gasteiger charge is 2.08. The fourth-order valence-corrected chi connectivity index (χ4v) is 0.214. The normalized spacial score (nSPS) is 7.71. The maximum Gasteiger partial charge on any atom is 0.490 e. The summed E-state index contributed by atoms with van der Waals surface area (Å²) < 4.78 is 4.19. The summed E-state index contributed by atoms with van der Waals surface area (Å²) in [6, 6.07) is 0. The standard InChI is InChI=1S/C4H6O3/c1-3(5)7-4(2)6/h1-2H3/p+2. The lowest BCUT2D eigenvalue weighted by molar-refractivity contribution is 0.406. The Morgan fingerprint density at radius 2 is 1.43 bits per heavy atom. The summed E-state index contributed by atoms with van der Waals surface area (Å²) in [5, 5.41) is 0. The summed E-state index contributed by atoms with van der Waals surface area (Å²) >= 11 is 0. The summed E-state index contributed by atoms with van der Waals surface area (Å²) in [6.45, 7) is 2.67. The first-order valence-corrected chi connectivity index (χ1v) is 1.86. The molecule has 3 heteroatoms. The summed E-state index contributed by atoms with van der Waals surface area (Å²) in [5.74, 6) is -0.500. The molecule has 0 atom stereocenters. The van der Waals surface area contributed by atoms with Gasteiger partial charge in [-0.3, -0.25) is 0 Å². The van der Waals surface area contributed by atoms with Gasteiger partial charge in [0.1, 0.15) is 0 Å². The fraction of sp³-hybridized carbons (Fsp3) is 0.500. The molecule has 0 unspecified atom stereocenters. The second-order valence-electron chi connectivity index (χ2n) is 1.14. The van der Waals surface area contributed by atoms with Crippen molar-refractivity contribution in [2.75, 3.05) is 0 Å². The predicted octanol–water partition coefficient (Wildman–Crippen LogP) is 0.0476. The van der Waals surface area contributed by atoms with Gasteiger partial charge in [-0.2, -0.15) is 0 Å². The molecule has 0 aromatic carbocycles. The minimum absolute atomic E-state index is 0.250. The Kier molecular flexibility index (Phi) is 2.05. The van der Waals surface area contributed by atoms with Crippen LogP contribution in [0.3, 0.4) is 0 Å². The molecule has 0 aromatic rings. The maximum absolute atomic E-state index is 8.24. The van der Waals surface area contributed by atoms with E-state index in [-0.39, 0.29) is 11.9 Å². The quantitative estimate of drug-likeness (QED) is 0.243. The SMILES string of the molecule is CC(=[OH+])OC(C)=[OH+]. The van der Waals surface area contributed by atoms with Gasteiger partial charge in [0.05, 0.1) is 13.8 Å². The van der Waals surface area contributed by atoms with Gasteiger partial charge in [-0.05, 0) is 0 Å². The molecule has 0 amide bonds. The van der Waals surface area contributed by atoms with Gasteiger partial charge in [0.2, 0.25) is 0 Å². The highest BCUT2D eigenvalue weighted by atomic mass is 16.6. The van der Waals surface area contributed by atoms with Crippen LogP contribution in [0.15, 0.2) is 0 Å². The molecule has 0 saturated carbocycles. The Bertz CT molecular complexity index is 83.1. The Hall–Kier alpha value is -0.860. The van der Waals surface area contributed by atoms with Crippen molar-refractivity contribution in [3.05, 3.63) is 0 Å². The van der Waals surface area contributed by atoms with Gasteiger partial charge in [-0.1, -0.05) is 0 Å². The third kappa shape index (κ3) is 5.14. The molecule has 0 heterocycles. The summed E-state index contributed by atoms with van der Waals surface area (Å²) in [5.41, 5.74) is 0. The Morgan fingerprint density at radius 1 is 1.14 bits per heavy atom.